The van der Waals surface area contributed by atoms with Crippen LogP contribution in [0.5, 0.6) is 0 Å². The van der Waals surface area contributed by atoms with Crippen molar-refractivity contribution < 1.29 is 4.79 Å². The van der Waals surface area contributed by atoms with Crippen LogP contribution in [0.25, 0.3) is 0 Å². The number of pyridine rings is 1. The number of aromatic nitrogens is 1. The van der Waals surface area contributed by atoms with Gasteiger partial charge < -0.3 is 10.6 Å². The van der Waals surface area contributed by atoms with Gasteiger partial charge >= 0.3 is 0 Å². The fourth-order valence-corrected chi connectivity index (χ4v) is 2.86. The van der Waals surface area contributed by atoms with Gasteiger partial charge in [0.25, 0.3) is 5.91 Å². The van der Waals surface area contributed by atoms with E-state index in [1.807, 2.05) is 6.07 Å². The maximum Gasteiger partial charge on any atom is 0.257 e. The highest BCUT2D eigenvalue weighted by atomic mass is 16.1. The molecule has 0 aliphatic carbocycles. The van der Waals surface area contributed by atoms with Crippen molar-refractivity contribution in [2.75, 3.05) is 10.6 Å². The van der Waals surface area contributed by atoms with E-state index in [0.29, 0.717) is 17.4 Å². The summed E-state index contributed by atoms with van der Waals surface area (Å²) >= 11 is 0. The summed E-state index contributed by atoms with van der Waals surface area (Å²) in [4.78, 5) is 17.0. The van der Waals surface area contributed by atoms with E-state index < -0.39 is 0 Å². The number of nitrogens with one attached hydrogen (secondary N) is 2. The molecule has 2 aromatic rings. The second kappa shape index (κ2) is 8.15. The number of carbonyl (C=O) groups excluding carboxylic acids is 1. The number of rotatable bonds is 6. The number of hydrogen-bond acceptors (Lipinski definition) is 3. The van der Waals surface area contributed by atoms with Crippen LogP contribution in [0.1, 0.15) is 74.9 Å². The molecule has 4 heteroatoms. The zero-order valence-electron chi connectivity index (χ0n) is 16.1. The third-order valence-electron chi connectivity index (χ3n) is 4.07. The zero-order valence-corrected chi connectivity index (χ0v) is 16.1. The minimum Gasteiger partial charge on any atom is -0.382 e. The fourth-order valence-electron chi connectivity index (χ4n) is 2.86. The quantitative estimate of drug-likeness (QED) is 0.741. The number of anilines is 2. The average molecular weight is 339 g/mol. The van der Waals surface area contributed by atoms with E-state index >= 15 is 0 Å². The molecule has 1 aromatic carbocycles. The number of nitrogens with zero attached hydrogens (tertiary/aromatic N) is 1. The van der Waals surface area contributed by atoms with E-state index in [9.17, 15) is 4.79 Å². The summed E-state index contributed by atoms with van der Waals surface area (Å²) in [5.41, 5.74) is 4.65. The number of benzene rings is 1. The van der Waals surface area contributed by atoms with Crippen molar-refractivity contribution >= 4 is 17.3 Å². The van der Waals surface area contributed by atoms with Crippen LogP contribution in [0, 0.1) is 0 Å². The van der Waals surface area contributed by atoms with Crippen LogP contribution in [-0.4, -0.2) is 16.9 Å². The minimum atomic E-state index is -0.130. The third-order valence-corrected chi connectivity index (χ3v) is 4.07. The lowest BCUT2D eigenvalue weighted by Gasteiger charge is -2.20. The molecule has 0 fully saturated rings. The van der Waals surface area contributed by atoms with Crippen molar-refractivity contribution in [3.05, 3.63) is 53.3 Å². The first kappa shape index (κ1) is 19.0. The lowest BCUT2D eigenvalue weighted by molar-refractivity contribution is 0.102. The van der Waals surface area contributed by atoms with E-state index in [1.165, 1.54) is 0 Å². The van der Waals surface area contributed by atoms with Gasteiger partial charge in [-0.25, -0.2) is 0 Å². The van der Waals surface area contributed by atoms with E-state index in [2.05, 4.69) is 75.4 Å². The van der Waals surface area contributed by atoms with Crippen LogP contribution in [0.2, 0.25) is 0 Å². The first-order valence-electron chi connectivity index (χ1n) is 8.95. The Labute approximate surface area is 151 Å². The highest BCUT2D eigenvalue weighted by molar-refractivity contribution is 6.05. The van der Waals surface area contributed by atoms with Gasteiger partial charge in [0.15, 0.2) is 0 Å². The van der Waals surface area contributed by atoms with Gasteiger partial charge in [0.05, 0.1) is 11.3 Å². The van der Waals surface area contributed by atoms with Crippen molar-refractivity contribution in [1.29, 1.82) is 0 Å². The van der Waals surface area contributed by atoms with Crippen LogP contribution < -0.4 is 10.6 Å². The molecule has 0 aliphatic rings. The summed E-state index contributed by atoms with van der Waals surface area (Å²) in [7, 11) is 0. The van der Waals surface area contributed by atoms with E-state index in [1.54, 1.807) is 12.4 Å². The number of amides is 1. The molecule has 0 aliphatic heterocycles. The molecule has 1 aromatic heterocycles. The Bertz CT molecular complexity index is 709. The van der Waals surface area contributed by atoms with Crippen LogP contribution in [0.4, 0.5) is 11.4 Å². The molecule has 1 heterocycles. The molecule has 0 radical (unpaired) electrons. The molecule has 134 valence electrons. The van der Waals surface area contributed by atoms with Crippen molar-refractivity contribution in [1.82, 2.24) is 4.98 Å². The van der Waals surface area contributed by atoms with Crippen molar-refractivity contribution in [3.8, 4) is 0 Å². The van der Waals surface area contributed by atoms with Gasteiger partial charge in [0, 0.05) is 24.1 Å². The molecule has 0 atom stereocenters. The van der Waals surface area contributed by atoms with Crippen LogP contribution in [0.3, 0.4) is 0 Å². The average Bonchev–Trinajstić information content (AvgIpc) is 2.54. The highest BCUT2D eigenvalue weighted by Gasteiger charge is 2.17. The van der Waals surface area contributed by atoms with E-state index in [0.717, 1.165) is 22.5 Å². The van der Waals surface area contributed by atoms with Crippen LogP contribution in [0.15, 0.2) is 36.7 Å². The smallest absolute Gasteiger partial charge is 0.257 e. The van der Waals surface area contributed by atoms with Crippen LogP contribution in [-0.2, 0) is 0 Å². The van der Waals surface area contributed by atoms with Crippen molar-refractivity contribution in [3.63, 3.8) is 0 Å². The summed E-state index contributed by atoms with van der Waals surface area (Å²) in [6, 6.07) is 8.36. The number of carbonyl (C=O) groups is 1. The molecule has 4 nitrogen and oxygen atoms in total. The molecule has 25 heavy (non-hydrogen) atoms. The topological polar surface area (TPSA) is 54.0 Å². The molecular weight excluding hydrogens is 310 g/mol. The maximum absolute atomic E-state index is 12.8. The van der Waals surface area contributed by atoms with Gasteiger partial charge in [-0.1, -0.05) is 45.9 Å². The summed E-state index contributed by atoms with van der Waals surface area (Å²) in [5, 5.41) is 6.41. The van der Waals surface area contributed by atoms with Gasteiger partial charge in [0.2, 0.25) is 0 Å². The molecule has 0 unspecified atom stereocenters. The Morgan fingerprint density at radius 3 is 2.08 bits per heavy atom. The largest absolute Gasteiger partial charge is 0.382 e. The Hall–Kier alpha value is -2.36. The normalized spacial score (nSPS) is 11.2. The SMILES string of the molecule is CC(C)Nc1cncc(C(=O)Nc2c(C(C)C)cccc2C(C)C)c1. The second-order valence-corrected chi connectivity index (χ2v) is 7.34. The Balaban J connectivity index is 2.35. The summed E-state index contributed by atoms with van der Waals surface area (Å²) in [6.07, 6.45) is 3.34. The van der Waals surface area contributed by atoms with Gasteiger partial charge in [-0.15, -0.1) is 0 Å². The van der Waals surface area contributed by atoms with Crippen molar-refractivity contribution in [2.45, 2.75) is 59.4 Å². The molecule has 0 saturated heterocycles. The minimum absolute atomic E-state index is 0.130. The zero-order chi connectivity index (χ0) is 18.6. The third kappa shape index (κ3) is 4.81. The molecule has 2 rings (SSSR count). The lowest BCUT2D eigenvalue weighted by Crippen LogP contribution is -2.17. The Morgan fingerprint density at radius 2 is 1.56 bits per heavy atom. The standard InChI is InChI=1S/C21H29N3O/c1-13(2)18-8-7-9-19(14(3)4)20(18)24-21(25)16-10-17(12-22-11-16)23-15(5)6/h7-15,23H,1-6H3,(H,24,25). The summed E-state index contributed by atoms with van der Waals surface area (Å²) in [6.45, 7) is 12.7. The monoisotopic (exact) mass is 339 g/mol. The Morgan fingerprint density at radius 1 is 0.960 bits per heavy atom. The van der Waals surface area contributed by atoms with Crippen LogP contribution >= 0.6 is 0 Å². The molecule has 2 N–H and O–H groups in total. The first-order chi connectivity index (χ1) is 11.8. The predicted octanol–water partition coefficient (Wildman–Crippen LogP) is 5.40. The van der Waals surface area contributed by atoms with E-state index in [4.69, 9.17) is 0 Å². The van der Waals surface area contributed by atoms with E-state index in [-0.39, 0.29) is 11.9 Å². The molecular formula is C21H29N3O. The summed E-state index contributed by atoms with van der Waals surface area (Å²) < 4.78 is 0. The van der Waals surface area contributed by atoms with Gasteiger partial charge in [-0.2, -0.15) is 0 Å². The number of hydrogen-bond donors (Lipinski definition) is 2. The molecule has 0 spiro atoms. The Kier molecular flexibility index (Phi) is 6.18. The second-order valence-electron chi connectivity index (χ2n) is 7.34. The van der Waals surface area contributed by atoms with Gasteiger partial charge in [-0.05, 0) is 42.9 Å². The molecule has 1 amide bonds. The fraction of sp³-hybridized carbons (Fsp3) is 0.429. The number of para-hydroxylation sites is 1. The molecule has 0 bridgehead atoms. The maximum atomic E-state index is 12.8. The highest BCUT2D eigenvalue weighted by Crippen LogP contribution is 2.32. The van der Waals surface area contributed by atoms with Crippen molar-refractivity contribution in [2.24, 2.45) is 0 Å². The molecule has 0 saturated carbocycles. The van der Waals surface area contributed by atoms with Gasteiger partial charge in [-0.3, -0.25) is 9.78 Å². The lowest BCUT2D eigenvalue weighted by atomic mass is 9.92. The summed E-state index contributed by atoms with van der Waals surface area (Å²) in [5.74, 6) is 0.539. The van der Waals surface area contributed by atoms with Gasteiger partial charge in [0.1, 0.15) is 0 Å². The predicted molar refractivity (Wildman–Crippen MR) is 106 cm³/mol. The first-order valence-corrected chi connectivity index (χ1v) is 8.95.